The summed E-state index contributed by atoms with van der Waals surface area (Å²) in [6.45, 7) is 8.44. The third kappa shape index (κ3) is 2.85. The Labute approximate surface area is 131 Å². The molecule has 0 amide bonds. The lowest BCUT2D eigenvalue weighted by atomic mass is 10.1. The highest BCUT2D eigenvalue weighted by atomic mass is 35.5. The van der Waals surface area contributed by atoms with Crippen LogP contribution >= 0.6 is 11.6 Å². The first-order valence-electron chi connectivity index (χ1n) is 7.75. The van der Waals surface area contributed by atoms with E-state index in [0.717, 1.165) is 55.1 Å². The van der Waals surface area contributed by atoms with Crippen molar-refractivity contribution in [1.29, 1.82) is 0 Å². The molecule has 2 heterocycles. The predicted molar refractivity (Wildman–Crippen MR) is 90.6 cm³/mol. The van der Waals surface area contributed by atoms with Crippen molar-refractivity contribution in [3.8, 4) is 0 Å². The Morgan fingerprint density at radius 1 is 1.29 bits per heavy atom. The number of piperazine rings is 1. The molecule has 1 aromatic heterocycles. The molecule has 3 nitrogen and oxygen atoms in total. The van der Waals surface area contributed by atoms with E-state index in [2.05, 4.69) is 36.2 Å². The maximum atomic E-state index is 6.29. The van der Waals surface area contributed by atoms with Crippen LogP contribution in [-0.4, -0.2) is 31.2 Å². The quantitative estimate of drug-likeness (QED) is 0.940. The average molecular weight is 304 g/mol. The molecule has 1 aliphatic rings. The number of pyridine rings is 1. The van der Waals surface area contributed by atoms with Crippen molar-refractivity contribution < 1.29 is 0 Å². The molecule has 1 N–H and O–H groups in total. The van der Waals surface area contributed by atoms with Crippen LogP contribution in [0.2, 0.25) is 5.02 Å². The molecule has 0 spiro atoms. The van der Waals surface area contributed by atoms with Crippen molar-refractivity contribution >= 4 is 28.2 Å². The zero-order valence-electron chi connectivity index (χ0n) is 12.7. The average Bonchev–Trinajstić information content (AvgIpc) is 2.52. The van der Waals surface area contributed by atoms with Gasteiger partial charge in [-0.15, -0.1) is 0 Å². The van der Waals surface area contributed by atoms with E-state index in [4.69, 9.17) is 16.6 Å². The van der Waals surface area contributed by atoms with Crippen LogP contribution in [0.4, 0.5) is 5.69 Å². The molecule has 112 valence electrons. The van der Waals surface area contributed by atoms with Gasteiger partial charge in [0.25, 0.3) is 0 Å². The molecule has 2 aromatic rings. The number of fused-ring (bicyclic) bond motifs is 1. The first-order chi connectivity index (χ1) is 10.2. The second-order valence-electron chi connectivity index (χ2n) is 5.69. The first-order valence-corrected chi connectivity index (χ1v) is 8.13. The third-order valence-corrected chi connectivity index (χ3v) is 4.57. The van der Waals surface area contributed by atoms with Crippen LogP contribution in [0.3, 0.4) is 0 Å². The first kappa shape index (κ1) is 14.6. The van der Waals surface area contributed by atoms with Crippen LogP contribution < -0.4 is 10.2 Å². The summed E-state index contributed by atoms with van der Waals surface area (Å²) in [6, 6.07) is 6.38. The van der Waals surface area contributed by atoms with Crippen molar-refractivity contribution in [3.63, 3.8) is 0 Å². The summed E-state index contributed by atoms with van der Waals surface area (Å²) >= 11 is 6.29. The van der Waals surface area contributed by atoms with Crippen LogP contribution in [0.15, 0.2) is 18.2 Å². The van der Waals surface area contributed by atoms with Gasteiger partial charge in [0.05, 0.1) is 5.52 Å². The number of rotatable bonds is 3. The summed E-state index contributed by atoms with van der Waals surface area (Å²) in [5.41, 5.74) is 4.62. The van der Waals surface area contributed by atoms with Crippen LogP contribution in [0, 0.1) is 6.92 Å². The lowest BCUT2D eigenvalue weighted by molar-refractivity contribution is 0.590. The van der Waals surface area contributed by atoms with Crippen molar-refractivity contribution in [3.05, 3.63) is 34.5 Å². The standard InChI is InChI=1S/C17H22ClN3/c1-3-4-13-11-16(21-9-7-19-8-10-21)14-5-6-15(18)12(2)17(14)20-13/h5-6,11,19H,3-4,7-10H2,1-2H3. The number of nitrogens with zero attached hydrogens (tertiary/aromatic N) is 2. The van der Waals surface area contributed by atoms with Crippen LogP contribution in [0.5, 0.6) is 0 Å². The molecule has 0 atom stereocenters. The minimum absolute atomic E-state index is 0.801. The number of anilines is 1. The zero-order valence-corrected chi connectivity index (χ0v) is 13.5. The normalized spacial score (nSPS) is 15.7. The number of benzene rings is 1. The number of halogens is 1. The second kappa shape index (κ2) is 6.20. The molecular formula is C17H22ClN3. The summed E-state index contributed by atoms with van der Waals surface area (Å²) in [5, 5.41) is 5.44. The molecule has 0 radical (unpaired) electrons. The van der Waals surface area contributed by atoms with E-state index in [9.17, 15) is 0 Å². The van der Waals surface area contributed by atoms with Gasteiger partial charge < -0.3 is 10.2 Å². The van der Waals surface area contributed by atoms with Gasteiger partial charge in [0.2, 0.25) is 0 Å². The molecule has 0 bridgehead atoms. The summed E-state index contributed by atoms with van der Waals surface area (Å²) in [4.78, 5) is 7.32. The monoisotopic (exact) mass is 303 g/mol. The maximum absolute atomic E-state index is 6.29. The number of nitrogens with one attached hydrogen (secondary N) is 1. The lowest BCUT2D eigenvalue weighted by Gasteiger charge is -2.31. The summed E-state index contributed by atoms with van der Waals surface area (Å²) in [6.07, 6.45) is 2.13. The van der Waals surface area contributed by atoms with E-state index in [1.54, 1.807) is 0 Å². The predicted octanol–water partition coefficient (Wildman–Crippen LogP) is 3.56. The van der Waals surface area contributed by atoms with Crippen LogP contribution in [-0.2, 0) is 6.42 Å². The highest BCUT2D eigenvalue weighted by Crippen LogP contribution is 2.32. The number of hydrogen-bond donors (Lipinski definition) is 1. The van der Waals surface area contributed by atoms with Gasteiger partial charge in [-0.2, -0.15) is 0 Å². The molecule has 1 aromatic carbocycles. The van der Waals surface area contributed by atoms with Gasteiger partial charge in [-0.25, -0.2) is 0 Å². The molecule has 21 heavy (non-hydrogen) atoms. The fourth-order valence-corrected chi connectivity index (χ4v) is 3.14. The molecule has 1 fully saturated rings. The highest BCUT2D eigenvalue weighted by Gasteiger charge is 2.16. The van der Waals surface area contributed by atoms with E-state index < -0.39 is 0 Å². The molecule has 0 aliphatic carbocycles. The minimum atomic E-state index is 0.801. The minimum Gasteiger partial charge on any atom is -0.368 e. The van der Waals surface area contributed by atoms with Crippen molar-refractivity contribution in [2.24, 2.45) is 0 Å². The van der Waals surface area contributed by atoms with Crippen molar-refractivity contribution in [1.82, 2.24) is 10.3 Å². The number of aromatic nitrogens is 1. The maximum Gasteiger partial charge on any atom is 0.0770 e. The van der Waals surface area contributed by atoms with E-state index in [0.29, 0.717) is 0 Å². The Balaban J connectivity index is 2.17. The smallest absolute Gasteiger partial charge is 0.0770 e. The number of aryl methyl sites for hydroxylation is 2. The summed E-state index contributed by atoms with van der Waals surface area (Å²) in [7, 11) is 0. The number of hydrogen-bond acceptors (Lipinski definition) is 3. The molecule has 0 saturated carbocycles. The summed E-state index contributed by atoms with van der Waals surface area (Å²) in [5.74, 6) is 0. The molecule has 0 unspecified atom stereocenters. The van der Waals surface area contributed by atoms with Gasteiger partial charge in [-0.3, -0.25) is 4.98 Å². The van der Waals surface area contributed by atoms with E-state index >= 15 is 0 Å². The van der Waals surface area contributed by atoms with Gasteiger partial charge in [0.15, 0.2) is 0 Å². The Bertz CT molecular complexity index is 648. The fourth-order valence-electron chi connectivity index (χ4n) is 2.99. The zero-order chi connectivity index (χ0) is 14.8. The van der Waals surface area contributed by atoms with Crippen LogP contribution in [0.25, 0.3) is 10.9 Å². The van der Waals surface area contributed by atoms with Gasteiger partial charge in [0.1, 0.15) is 0 Å². The van der Waals surface area contributed by atoms with Gasteiger partial charge in [0, 0.05) is 48.0 Å². The third-order valence-electron chi connectivity index (χ3n) is 4.16. The van der Waals surface area contributed by atoms with E-state index in [-0.39, 0.29) is 0 Å². The van der Waals surface area contributed by atoms with Crippen LogP contribution in [0.1, 0.15) is 24.6 Å². The Morgan fingerprint density at radius 3 is 2.76 bits per heavy atom. The fraction of sp³-hybridized carbons (Fsp3) is 0.471. The Kier molecular flexibility index (Phi) is 4.32. The highest BCUT2D eigenvalue weighted by molar-refractivity contribution is 6.32. The van der Waals surface area contributed by atoms with Gasteiger partial charge in [-0.1, -0.05) is 24.9 Å². The molecule has 4 heteroatoms. The lowest BCUT2D eigenvalue weighted by Crippen LogP contribution is -2.43. The Morgan fingerprint density at radius 2 is 2.05 bits per heavy atom. The molecule has 3 rings (SSSR count). The largest absolute Gasteiger partial charge is 0.368 e. The van der Waals surface area contributed by atoms with Gasteiger partial charge >= 0.3 is 0 Å². The molecule has 1 saturated heterocycles. The molecule has 1 aliphatic heterocycles. The SMILES string of the molecule is CCCc1cc(N2CCNCC2)c2ccc(Cl)c(C)c2n1. The van der Waals surface area contributed by atoms with E-state index in [1.165, 1.54) is 16.8 Å². The second-order valence-corrected chi connectivity index (χ2v) is 6.10. The van der Waals surface area contributed by atoms with E-state index in [1.807, 2.05) is 6.07 Å². The van der Waals surface area contributed by atoms with Crippen molar-refractivity contribution in [2.45, 2.75) is 26.7 Å². The topological polar surface area (TPSA) is 28.2 Å². The van der Waals surface area contributed by atoms with Gasteiger partial charge in [-0.05, 0) is 37.1 Å². The van der Waals surface area contributed by atoms with Crippen molar-refractivity contribution in [2.75, 3.05) is 31.1 Å². The Hall–Kier alpha value is -1.32. The molecular weight excluding hydrogens is 282 g/mol. The summed E-state index contributed by atoms with van der Waals surface area (Å²) < 4.78 is 0.